The van der Waals surface area contributed by atoms with E-state index in [4.69, 9.17) is 25.8 Å². The standard InChI is InChI=1S/C26H27ClN4O4S/c1-4-5-10-23-30-31-26(36-23)29-25(32)19(16-28)13-18-14-20(27)24(22(15-18)33-3)35-12-11-34-21-9-7-6-8-17(21)2/h6-9,13-15H,4-5,10-12H2,1-3H3,(H,29,31,32). The smallest absolute Gasteiger partial charge is 0.268 e. The Labute approximate surface area is 219 Å². The Hall–Kier alpha value is -3.61. The lowest BCUT2D eigenvalue weighted by Gasteiger charge is -2.14. The maximum atomic E-state index is 12.6. The molecule has 8 nitrogen and oxygen atoms in total. The average Bonchev–Trinajstić information content (AvgIpc) is 3.32. The van der Waals surface area contributed by atoms with E-state index in [1.54, 1.807) is 12.1 Å². The summed E-state index contributed by atoms with van der Waals surface area (Å²) in [6.07, 6.45) is 4.26. The molecule has 0 saturated heterocycles. The van der Waals surface area contributed by atoms with Crippen LogP contribution in [0, 0.1) is 18.3 Å². The van der Waals surface area contributed by atoms with Crippen LogP contribution in [0.3, 0.4) is 0 Å². The summed E-state index contributed by atoms with van der Waals surface area (Å²) in [6, 6.07) is 12.9. The van der Waals surface area contributed by atoms with E-state index >= 15 is 0 Å². The molecule has 0 saturated carbocycles. The van der Waals surface area contributed by atoms with E-state index < -0.39 is 5.91 Å². The van der Waals surface area contributed by atoms with Crippen molar-refractivity contribution in [2.45, 2.75) is 33.1 Å². The fourth-order valence-electron chi connectivity index (χ4n) is 3.19. The van der Waals surface area contributed by atoms with Crippen molar-refractivity contribution in [3.05, 3.63) is 63.1 Å². The number of carbonyl (C=O) groups excluding carboxylic acids is 1. The summed E-state index contributed by atoms with van der Waals surface area (Å²) in [5.74, 6) is 0.917. The number of nitrogens with zero attached hydrogens (tertiary/aromatic N) is 3. The van der Waals surface area contributed by atoms with E-state index in [1.165, 1.54) is 24.5 Å². The van der Waals surface area contributed by atoms with Crippen molar-refractivity contribution in [3.63, 3.8) is 0 Å². The van der Waals surface area contributed by atoms with E-state index in [-0.39, 0.29) is 17.2 Å². The first-order valence-corrected chi connectivity index (χ1v) is 12.6. The van der Waals surface area contributed by atoms with Crippen molar-refractivity contribution in [2.24, 2.45) is 0 Å². The number of benzene rings is 2. The predicted octanol–water partition coefficient (Wildman–Crippen LogP) is 5.85. The first-order valence-electron chi connectivity index (χ1n) is 11.4. The number of rotatable bonds is 12. The number of ether oxygens (including phenoxy) is 3. The Kier molecular flexibility index (Phi) is 10.1. The van der Waals surface area contributed by atoms with Gasteiger partial charge in [0.05, 0.1) is 12.1 Å². The maximum Gasteiger partial charge on any atom is 0.268 e. The van der Waals surface area contributed by atoms with Crippen LogP contribution in [0.5, 0.6) is 17.2 Å². The fourth-order valence-corrected chi connectivity index (χ4v) is 4.24. The number of aromatic nitrogens is 2. The highest BCUT2D eigenvalue weighted by molar-refractivity contribution is 7.15. The first kappa shape index (κ1) is 27.0. The van der Waals surface area contributed by atoms with Gasteiger partial charge in [0.2, 0.25) is 5.13 Å². The lowest BCUT2D eigenvalue weighted by atomic mass is 10.1. The first-order chi connectivity index (χ1) is 17.4. The Balaban J connectivity index is 1.67. The second-order valence-corrected chi connectivity index (χ2v) is 9.19. The highest BCUT2D eigenvalue weighted by Crippen LogP contribution is 2.37. The lowest BCUT2D eigenvalue weighted by molar-refractivity contribution is -0.112. The van der Waals surface area contributed by atoms with Gasteiger partial charge in [-0.25, -0.2) is 0 Å². The molecule has 1 heterocycles. The molecule has 188 valence electrons. The molecule has 0 aliphatic carbocycles. The van der Waals surface area contributed by atoms with Crippen LogP contribution in [0.2, 0.25) is 5.02 Å². The molecule has 0 radical (unpaired) electrons. The largest absolute Gasteiger partial charge is 0.493 e. The third kappa shape index (κ3) is 7.44. The number of nitriles is 1. The molecule has 0 bridgehead atoms. The summed E-state index contributed by atoms with van der Waals surface area (Å²) < 4.78 is 17.0. The van der Waals surface area contributed by atoms with Gasteiger partial charge in [-0.05, 0) is 48.7 Å². The van der Waals surface area contributed by atoms with Crippen molar-refractivity contribution in [1.29, 1.82) is 5.26 Å². The van der Waals surface area contributed by atoms with Gasteiger partial charge >= 0.3 is 0 Å². The van der Waals surface area contributed by atoms with Crippen molar-refractivity contribution < 1.29 is 19.0 Å². The van der Waals surface area contributed by atoms with Gasteiger partial charge in [0.1, 0.15) is 35.6 Å². The Morgan fingerprint density at radius 2 is 1.97 bits per heavy atom. The molecule has 1 N–H and O–H groups in total. The molecule has 3 aromatic rings. The number of methoxy groups -OCH3 is 1. The molecule has 0 fully saturated rings. The number of hydrogen-bond donors (Lipinski definition) is 1. The molecule has 36 heavy (non-hydrogen) atoms. The number of halogens is 1. The molecule has 1 amide bonds. The number of aryl methyl sites for hydroxylation is 2. The van der Waals surface area contributed by atoms with E-state index in [1.807, 2.05) is 37.3 Å². The van der Waals surface area contributed by atoms with Crippen LogP contribution in [-0.4, -0.2) is 36.4 Å². The second-order valence-electron chi connectivity index (χ2n) is 7.72. The van der Waals surface area contributed by atoms with Gasteiger partial charge in [-0.1, -0.05) is 54.5 Å². The molecular formula is C26H27ClN4O4S. The minimum absolute atomic E-state index is 0.112. The van der Waals surface area contributed by atoms with Crippen LogP contribution in [-0.2, 0) is 11.2 Å². The summed E-state index contributed by atoms with van der Waals surface area (Å²) in [7, 11) is 1.49. The molecule has 1 aromatic heterocycles. The van der Waals surface area contributed by atoms with E-state index in [0.29, 0.717) is 28.8 Å². The van der Waals surface area contributed by atoms with Gasteiger partial charge in [0.15, 0.2) is 11.5 Å². The van der Waals surface area contributed by atoms with Gasteiger partial charge in [0, 0.05) is 6.42 Å². The minimum Gasteiger partial charge on any atom is -0.493 e. The lowest BCUT2D eigenvalue weighted by Crippen LogP contribution is -2.13. The summed E-state index contributed by atoms with van der Waals surface area (Å²) in [5.41, 5.74) is 1.43. The quantitative estimate of drug-likeness (QED) is 0.179. The highest BCUT2D eigenvalue weighted by Gasteiger charge is 2.16. The molecule has 3 rings (SSSR count). The number of unbranched alkanes of at least 4 members (excludes halogenated alkanes) is 1. The number of anilines is 1. The predicted molar refractivity (Wildman–Crippen MR) is 141 cm³/mol. The van der Waals surface area contributed by atoms with Crippen LogP contribution in [0.25, 0.3) is 6.08 Å². The number of hydrogen-bond acceptors (Lipinski definition) is 8. The molecule has 2 aromatic carbocycles. The molecule has 0 unspecified atom stereocenters. The monoisotopic (exact) mass is 526 g/mol. The van der Waals surface area contributed by atoms with Gasteiger partial charge in [-0.2, -0.15) is 5.26 Å². The van der Waals surface area contributed by atoms with Gasteiger partial charge in [-0.3, -0.25) is 10.1 Å². The fraction of sp³-hybridized carbons (Fsp3) is 0.308. The summed E-state index contributed by atoms with van der Waals surface area (Å²) in [6.45, 7) is 4.62. The zero-order chi connectivity index (χ0) is 25.9. The Morgan fingerprint density at radius 1 is 1.19 bits per heavy atom. The maximum absolute atomic E-state index is 12.6. The van der Waals surface area contributed by atoms with Crippen LogP contribution >= 0.6 is 22.9 Å². The number of amides is 1. The minimum atomic E-state index is -0.584. The van der Waals surface area contributed by atoms with Gasteiger partial charge in [-0.15, -0.1) is 10.2 Å². The molecule has 0 aliphatic heterocycles. The van der Waals surface area contributed by atoms with Crippen LogP contribution in [0.4, 0.5) is 5.13 Å². The molecule has 0 spiro atoms. The van der Waals surface area contributed by atoms with Gasteiger partial charge in [0.25, 0.3) is 5.91 Å². The molecule has 10 heteroatoms. The summed E-state index contributed by atoms with van der Waals surface area (Å²) >= 11 is 7.74. The summed E-state index contributed by atoms with van der Waals surface area (Å²) in [5, 5.41) is 21.7. The van der Waals surface area contributed by atoms with Crippen molar-refractivity contribution >= 4 is 40.1 Å². The highest BCUT2D eigenvalue weighted by atomic mass is 35.5. The molecular weight excluding hydrogens is 500 g/mol. The summed E-state index contributed by atoms with van der Waals surface area (Å²) in [4.78, 5) is 12.6. The molecule has 0 atom stereocenters. The van der Waals surface area contributed by atoms with Crippen LogP contribution in [0.1, 0.15) is 35.9 Å². The van der Waals surface area contributed by atoms with Crippen molar-refractivity contribution in [1.82, 2.24) is 10.2 Å². The normalized spacial score (nSPS) is 11.0. The topological polar surface area (TPSA) is 106 Å². The van der Waals surface area contributed by atoms with Crippen LogP contribution < -0.4 is 19.5 Å². The third-order valence-electron chi connectivity index (χ3n) is 5.04. The Bertz CT molecular complexity index is 1270. The Morgan fingerprint density at radius 3 is 2.69 bits per heavy atom. The molecule has 0 aliphatic rings. The average molecular weight is 527 g/mol. The second kappa shape index (κ2) is 13.5. The van der Waals surface area contributed by atoms with E-state index in [0.717, 1.165) is 35.6 Å². The number of nitrogens with one attached hydrogen (secondary N) is 1. The third-order valence-corrected chi connectivity index (χ3v) is 6.22. The van der Waals surface area contributed by atoms with Crippen LogP contribution in [0.15, 0.2) is 42.0 Å². The number of carbonyl (C=O) groups is 1. The van der Waals surface area contributed by atoms with Gasteiger partial charge < -0.3 is 14.2 Å². The van der Waals surface area contributed by atoms with E-state index in [2.05, 4.69) is 22.4 Å². The SMILES string of the molecule is CCCCc1nnc(NC(=O)C(C#N)=Cc2cc(Cl)c(OCCOc3ccccc3C)c(OC)c2)s1. The van der Waals surface area contributed by atoms with Crippen molar-refractivity contribution in [2.75, 3.05) is 25.6 Å². The number of para-hydroxylation sites is 1. The van der Waals surface area contributed by atoms with Crippen molar-refractivity contribution in [3.8, 4) is 23.3 Å². The zero-order valence-electron chi connectivity index (χ0n) is 20.3. The zero-order valence-corrected chi connectivity index (χ0v) is 21.9. The van der Waals surface area contributed by atoms with E-state index in [9.17, 15) is 10.1 Å².